The molecule has 3 rings (SSSR count). The quantitative estimate of drug-likeness (QED) is 0.751. The molecule has 0 saturated carbocycles. The number of sulfonamides is 1. The van der Waals surface area contributed by atoms with Gasteiger partial charge < -0.3 is 10.6 Å². The minimum atomic E-state index is -4.11. The lowest BCUT2D eigenvalue weighted by Gasteiger charge is -2.23. The lowest BCUT2D eigenvalue weighted by atomic mass is 10.2. The molecule has 1 fully saturated rings. The third kappa shape index (κ3) is 4.80. The summed E-state index contributed by atoms with van der Waals surface area (Å²) < 4.78 is 40.8. The van der Waals surface area contributed by atoms with E-state index < -0.39 is 32.7 Å². The molecule has 7 nitrogen and oxygen atoms in total. The number of nitrogens with zero attached hydrogens (tertiary/aromatic N) is 1. The first-order valence-electron chi connectivity index (χ1n) is 9.19. The number of carbonyl (C=O) groups excluding carboxylic acids is 2. The standard InChI is InChI=1S/C20H22FN3O4S/c1-14(25)23-16-10-8-15(9-11-16)13-22-20(26)18-6-4-12-24(18)29(27,28)19-7-3-2-5-17(19)21/h2-3,5,7-11,18H,4,6,12-13H2,1H3,(H,22,26)(H,23,25). The van der Waals surface area contributed by atoms with Crippen LogP contribution in [0.15, 0.2) is 53.4 Å². The van der Waals surface area contributed by atoms with E-state index in [0.29, 0.717) is 18.5 Å². The summed E-state index contributed by atoms with van der Waals surface area (Å²) in [6.45, 7) is 1.79. The fraction of sp³-hybridized carbons (Fsp3) is 0.300. The molecule has 2 N–H and O–H groups in total. The summed E-state index contributed by atoms with van der Waals surface area (Å²) >= 11 is 0. The molecule has 154 valence electrons. The Morgan fingerprint density at radius 2 is 1.83 bits per heavy atom. The van der Waals surface area contributed by atoms with Crippen LogP contribution in [0.5, 0.6) is 0 Å². The monoisotopic (exact) mass is 419 g/mol. The van der Waals surface area contributed by atoms with Crippen molar-refractivity contribution in [3.05, 3.63) is 59.9 Å². The Morgan fingerprint density at radius 1 is 1.14 bits per heavy atom. The highest BCUT2D eigenvalue weighted by molar-refractivity contribution is 7.89. The van der Waals surface area contributed by atoms with Gasteiger partial charge in [0, 0.05) is 25.7 Å². The second-order valence-corrected chi connectivity index (χ2v) is 8.66. The van der Waals surface area contributed by atoms with Crippen molar-refractivity contribution in [2.45, 2.75) is 37.2 Å². The molecule has 0 radical (unpaired) electrons. The van der Waals surface area contributed by atoms with E-state index in [1.165, 1.54) is 25.1 Å². The van der Waals surface area contributed by atoms with E-state index in [-0.39, 0.29) is 19.0 Å². The number of hydrogen-bond acceptors (Lipinski definition) is 4. The second kappa shape index (κ2) is 8.71. The normalized spacial score (nSPS) is 17.1. The van der Waals surface area contributed by atoms with Gasteiger partial charge in [0.25, 0.3) is 0 Å². The molecule has 0 spiro atoms. The Hall–Kier alpha value is -2.78. The van der Waals surface area contributed by atoms with Crippen LogP contribution in [0.2, 0.25) is 0 Å². The van der Waals surface area contributed by atoms with Crippen LogP contribution in [0.1, 0.15) is 25.3 Å². The zero-order chi connectivity index (χ0) is 21.0. The highest BCUT2D eigenvalue weighted by Gasteiger charge is 2.40. The van der Waals surface area contributed by atoms with Crippen molar-refractivity contribution in [2.75, 3.05) is 11.9 Å². The number of carbonyl (C=O) groups is 2. The van der Waals surface area contributed by atoms with E-state index >= 15 is 0 Å². The van der Waals surface area contributed by atoms with Crippen molar-refractivity contribution < 1.29 is 22.4 Å². The number of hydrogen-bond donors (Lipinski definition) is 2. The summed E-state index contributed by atoms with van der Waals surface area (Å²) in [4.78, 5) is 23.3. The lowest BCUT2D eigenvalue weighted by Crippen LogP contribution is -2.45. The zero-order valence-electron chi connectivity index (χ0n) is 15.9. The van der Waals surface area contributed by atoms with Crippen molar-refractivity contribution >= 4 is 27.5 Å². The average molecular weight is 419 g/mol. The van der Waals surface area contributed by atoms with Gasteiger partial charge in [0.1, 0.15) is 16.8 Å². The summed E-state index contributed by atoms with van der Waals surface area (Å²) in [5.74, 6) is -1.44. The van der Waals surface area contributed by atoms with E-state index in [0.717, 1.165) is 15.9 Å². The predicted molar refractivity (Wildman–Crippen MR) is 106 cm³/mol. The van der Waals surface area contributed by atoms with Gasteiger partial charge in [-0.3, -0.25) is 9.59 Å². The highest BCUT2D eigenvalue weighted by Crippen LogP contribution is 2.27. The number of rotatable bonds is 6. The van der Waals surface area contributed by atoms with Gasteiger partial charge in [-0.05, 0) is 42.7 Å². The molecule has 0 bridgehead atoms. The first kappa shape index (κ1) is 20.9. The minimum Gasteiger partial charge on any atom is -0.351 e. The second-order valence-electron chi connectivity index (χ2n) is 6.80. The topological polar surface area (TPSA) is 95.6 Å². The number of benzene rings is 2. The summed E-state index contributed by atoms with van der Waals surface area (Å²) in [7, 11) is -4.11. The lowest BCUT2D eigenvalue weighted by molar-refractivity contribution is -0.124. The first-order chi connectivity index (χ1) is 13.8. The van der Waals surface area contributed by atoms with E-state index in [1.54, 1.807) is 24.3 Å². The third-order valence-electron chi connectivity index (χ3n) is 4.67. The summed E-state index contributed by atoms with van der Waals surface area (Å²) in [5, 5.41) is 5.40. The van der Waals surface area contributed by atoms with Crippen LogP contribution in [0, 0.1) is 5.82 Å². The van der Waals surface area contributed by atoms with Crippen molar-refractivity contribution in [1.82, 2.24) is 9.62 Å². The van der Waals surface area contributed by atoms with Gasteiger partial charge in [-0.25, -0.2) is 12.8 Å². The zero-order valence-corrected chi connectivity index (χ0v) is 16.7. The Bertz CT molecular complexity index is 1010. The van der Waals surface area contributed by atoms with E-state index in [4.69, 9.17) is 0 Å². The molecule has 0 aromatic heterocycles. The van der Waals surface area contributed by atoms with Crippen LogP contribution in [0.3, 0.4) is 0 Å². The van der Waals surface area contributed by atoms with E-state index in [1.807, 2.05) is 0 Å². The minimum absolute atomic E-state index is 0.167. The van der Waals surface area contributed by atoms with Crippen LogP contribution >= 0.6 is 0 Å². The highest BCUT2D eigenvalue weighted by atomic mass is 32.2. The van der Waals surface area contributed by atoms with Crippen LogP contribution < -0.4 is 10.6 Å². The van der Waals surface area contributed by atoms with Crippen molar-refractivity contribution in [3.63, 3.8) is 0 Å². The molecule has 1 saturated heterocycles. The predicted octanol–water partition coefficient (Wildman–Crippen LogP) is 2.25. The number of halogens is 1. The van der Waals surface area contributed by atoms with E-state index in [9.17, 15) is 22.4 Å². The third-order valence-corrected chi connectivity index (χ3v) is 6.61. The molecule has 1 aliphatic rings. The molecule has 1 atom stereocenters. The number of amides is 2. The Morgan fingerprint density at radius 3 is 2.48 bits per heavy atom. The maximum absolute atomic E-state index is 14.0. The number of anilines is 1. The van der Waals surface area contributed by atoms with Crippen molar-refractivity contribution in [3.8, 4) is 0 Å². The van der Waals surface area contributed by atoms with Gasteiger partial charge in [0.15, 0.2) is 0 Å². The molecule has 9 heteroatoms. The molecular formula is C20H22FN3O4S. The van der Waals surface area contributed by atoms with Crippen LogP contribution in [-0.2, 0) is 26.2 Å². The van der Waals surface area contributed by atoms with Crippen LogP contribution in [0.4, 0.5) is 10.1 Å². The van der Waals surface area contributed by atoms with Gasteiger partial charge in [-0.2, -0.15) is 4.31 Å². The molecule has 0 aliphatic carbocycles. The molecule has 1 aliphatic heterocycles. The molecule has 2 amide bonds. The van der Waals surface area contributed by atoms with Gasteiger partial charge in [0.05, 0.1) is 0 Å². The van der Waals surface area contributed by atoms with Gasteiger partial charge >= 0.3 is 0 Å². The maximum Gasteiger partial charge on any atom is 0.246 e. The van der Waals surface area contributed by atoms with Crippen LogP contribution in [-0.4, -0.2) is 37.1 Å². The van der Waals surface area contributed by atoms with Crippen molar-refractivity contribution in [1.29, 1.82) is 0 Å². The number of nitrogens with one attached hydrogen (secondary N) is 2. The van der Waals surface area contributed by atoms with Gasteiger partial charge in [0.2, 0.25) is 21.8 Å². The Labute approximate surface area is 169 Å². The fourth-order valence-corrected chi connectivity index (χ4v) is 5.01. The Kier molecular flexibility index (Phi) is 6.29. The molecule has 1 unspecified atom stereocenters. The molecule has 2 aromatic rings. The summed E-state index contributed by atoms with van der Waals surface area (Å²) in [5.41, 5.74) is 1.44. The summed E-state index contributed by atoms with van der Waals surface area (Å²) in [6, 6.07) is 11.2. The fourth-order valence-electron chi connectivity index (χ4n) is 3.29. The van der Waals surface area contributed by atoms with Crippen molar-refractivity contribution in [2.24, 2.45) is 0 Å². The maximum atomic E-state index is 14.0. The smallest absolute Gasteiger partial charge is 0.246 e. The van der Waals surface area contributed by atoms with Crippen LogP contribution in [0.25, 0.3) is 0 Å². The van der Waals surface area contributed by atoms with Gasteiger partial charge in [-0.1, -0.05) is 24.3 Å². The summed E-state index contributed by atoms with van der Waals surface area (Å²) in [6.07, 6.45) is 0.901. The molecular weight excluding hydrogens is 397 g/mol. The first-order valence-corrected chi connectivity index (χ1v) is 10.6. The SMILES string of the molecule is CC(=O)Nc1ccc(CNC(=O)C2CCCN2S(=O)(=O)c2ccccc2F)cc1. The van der Waals surface area contributed by atoms with Gasteiger partial charge in [-0.15, -0.1) is 0 Å². The largest absolute Gasteiger partial charge is 0.351 e. The average Bonchev–Trinajstić information content (AvgIpc) is 3.18. The molecule has 29 heavy (non-hydrogen) atoms. The Balaban J connectivity index is 1.67. The molecule has 2 aromatic carbocycles. The molecule has 1 heterocycles. The van der Waals surface area contributed by atoms with E-state index in [2.05, 4.69) is 10.6 Å².